The van der Waals surface area contributed by atoms with Gasteiger partial charge in [-0.05, 0) is 6.42 Å². The van der Waals surface area contributed by atoms with Gasteiger partial charge >= 0.3 is 0 Å². The summed E-state index contributed by atoms with van der Waals surface area (Å²) in [5.41, 5.74) is 0. The summed E-state index contributed by atoms with van der Waals surface area (Å²) in [6.07, 6.45) is 1.84. The van der Waals surface area contributed by atoms with Gasteiger partial charge in [0.05, 0.1) is 0 Å². The lowest BCUT2D eigenvalue weighted by Gasteiger charge is -2.13. The molecular weight excluding hydrogens is 136 g/mol. The quantitative estimate of drug-likeness (QED) is 0.363. The van der Waals surface area contributed by atoms with Crippen molar-refractivity contribution in [3.63, 3.8) is 0 Å². The van der Waals surface area contributed by atoms with Gasteiger partial charge in [0.2, 0.25) is 0 Å². The van der Waals surface area contributed by atoms with E-state index in [-0.39, 0.29) is 0 Å². The molecule has 0 heterocycles. The van der Waals surface area contributed by atoms with Crippen molar-refractivity contribution in [3.8, 4) is 0 Å². The number of unbranched alkanes of at least 4 members (excludes halogenated alkanes) is 1. The van der Waals surface area contributed by atoms with Crippen LogP contribution in [-0.4, -0.2) is 34.5 Å². The molecule has 0 saturated heterocycles. The van der Waals surface area contributed by atoms with Gasteiger partial charge in [0.15, 0.2) is 0 Å². The first kappa shape index (κ1) is 9.84. The Balaban J connectivity index is 3.04. The average molecular weight is 150 g/mol. The summed E-state index contributed by atoms with van der Waals surface area (Å²) in [4.78, 5) is 0. The van der Waals surface area contributed by atoms with E-state index in [1.54, 1.807) is 0 Å². The Morgan fingerprint density at radius 3 is 2.30 bits per heavy atom. The number of rotatable bonds is 5. The van der Waals surface area contributed by atoms with E-state index in [0.717, 1.165) is 12.8 Å². The topological polar surface area (TPSA) is 69.9 Å². The molecule has 0 aromatic heterocycles. The molecule has 0 bridgehead atoms. The van der Waals surface area contributed by atoms with Crippen LogP contribution in [0.1, 0.15) is 19.8 Å². The molecule has 0 aromatic carbocycles. The zero-order valence-electron chi connectivity index (χ0n) is 6.08. The van der Waals surface area contributed by atoms with Crippen LogP contribution in [0, 0.1) is 0 Å². The highest BCUT2D eigenvalue weighted by molar-refractivity contribution is 4.42. The van der Waals surface area contributed by atoms with Crippen LogP contribution in [0.5, 0.6) is 0 Å². The molecule has 0 unspecified atom stereocenters. The van der Waals surface area contributed by atoms with E-state index < -0.39 is 12.6 Å². The highest BCUT2D eigenvalue weighted by Crippen LogP contribution is 1.95. The predicted molar refractivity (Wildman–Crippen MR) is 35.1 cm³/mol. The minimum absolute atomic E-state index is 0.444. The smallest absolute Gasteiger partial charge is 0.300 e. The first-order chi connectivity index (χ1) is 4.56. The van der Waals surface area contributed by atoms with Gasteiger partial charge < -0.3 is 20.1 Å². The average Bonchev–Trinajstić information content (AvgIpc) is 1.78. The molecule has 0 atom stereocenters. The van der Waals surface area contributed by atoms with E-state index in [4.69, 9.17) is 15.3 Å². The van der Waals surface area contributed by atoms with Gasteiger partial charge in [-0.2, -0.15) is 0 Å². The second kappa shape index (κ2) is 4.62. The summed E-state index contributed by atoms with van der Waals surface area (Å²) in [5, 5.41) is 24.9. The fourth-order valence-corrected chi connectivity index (χ4v) is 0.455. The van der Waals surface area contributed by atoms with Gasteiger partial charge in [-0.15, -0.1) is 0 Å². The molecule has 4 heteroatoms. The van der Waals surface area contributed by atoms with Crippen LogP contribution in [0.4, 0.5) is 0 Å². The normalized spacial score (nSPS) is 12.0. The second-order valence-electron chi connectivity index (χ2n) is 2.18. The molecule has 0 radical (unpaired) electrons. The van der Waals surface area contributed by atoms with E-state index in [2.05, 4.69) is 4.74 Å². The van der Waals surface area contributed by atoms with Crippen molar-refractivity contribution in [1.82, 2.24) is 0 Å². The fraction of sp³-hybridized carbons (Fsp3) is 1.00. The number of aliphatic hydroxyl groups is 3. The van der Waals surface area contributed by atoms with Gasteiger partial charge in [-0.1, -0.05) is 13.3 Å². The molecule has 0 amide bonds. The van der Waals surface area contributed by atoms with Crippen LogP contribution < -0.4 is 0 Å². The van der Waals surface area contributed by atoms with E-state index in [1.807, 2.05) is 6.92 Å². The summed E-state index contributed by atoms with van der Waals surface area (Å²) in [6, 6.07) is 0. The Hall–Kier alpha value is -0.160. The molecule has 0 fully saturated rings. The van der Waals surface area contributed by atoms with Crippen molar-refractivity contribution >= 4 is 0 Å². The van der Waals surface area contributed by atoms with Crippen molar-refractivity contribution in [2.45, 2.75) is 25.7 Å². The van der Waals surface area contributed by atoms with Crippen molar-refractivity contribution < 1.29 is 20.1 Å². The molecule has 0 rings (SSSR count). The van der Waals surface area contributed by atoms with Crippen molar-refractivity contribution in [2.24, 2.45) is 0 Å². The zero-order valence-corrected chi connectivity index (χ0v) is 6.08. The van der Waals surface area contributed by atoms with Crippen LogP contribution >= 0.6 is 0 Å². The first-order valence-corrected chi connectivity index (χ1v) is 3.31. The lowest BCUT2D eigenvalue weighted by molar-refractivity contribution is -0.331. The molecule has 0 aromatic rings. The maximum Gasteiger partial charge on any atom is 0.300 e. The molecule has 0 aliphatic heterocycles. The summed E-state index contributed by atoms with van der Waals surface area (Å²) in [6.45, 7) is 1.99. The van der Waals surface area contributed by atoms with Crippen molar-refractivity contribution in [2.75, 3.05) is 13.2 Å². The third kappa shape index (κ3) is 7.84. The summed E-state index contributed by atoms with van der Waals surface area (Å²) in [7, 11) is 0. The molecule has 10 heavy (non-hydrogen) atoms. The maximum atomic E-state index is 8.30. The predicted octanol–water partition coefficient (Wildman–Crippen LogP) is -0.566. The van der Waals surface area contributed by atoms with Gasteiger partial charge in [0.1, 0.15) is 6.61 Å². The summed E-state index contributed by atoms with van der Waals surface area (Å²) < 4.78 is 4.69. The summed E-state index contributed by atoms with van der Waals surface area (Å²) >= 11 is 0. The van der Waals surface area contributed by atoms with Gasteiger partial charge in [-0.25, -0.2) is 0 Å². The second-order valence-corrected chi connectivity index (χ2v) is 2.18. The molecule has 0 saturated carbocycles. The number of hydrogen-bond donors (Lipinski definition) is 3. The minimum Gasteiger partial charge on any atom is -0.373 e. The molecule has 0 aliphatic rings. The molecule has 4 nitrogen and oxygen atoms in total. The zero-order chi connectivity index (χ0) is 8.04. The van der Waals surface area contributed by atoms with Gasteiger partial charge in [-0.3, -0.25) is 0 Å². The van der Waals surface area contributed by atoms with Crippen LogP contribution in [0.25, 0.3) is 0 Å². The Morgan fingerprint density at radius 2 is 1.90 bits per heavy atom. The molecule has 62 valence electrons. The highest BCUT2D eigenvalue weighted by Gasteiger charge is 2.17. The third-order valence-electron chi connectivity index (χ3n) is 0.938. The summed E-state index contributed by atoms with van der Waals surface area (Å²) in [5.74, 6) is -2.67. The largest absolute Gasteiger partial charge is 0.373 e. The lowest BCUT2D eigenvalue weighted by atomic mass is 10.4. The van der Waals surface area contributed by atoms with Crippen LogP contribution in [0.2, 0.25) is 0 Å². The lowest BCUT2D eigenvalue weighted by Crippen LogP contribution is -2.33. The van der Waals surface area contributed by atoms with Crippen molar-refractivity contribution in [1.29, 1.82) is 0 Å². The molecule has 0 aliphatic carbocycles. The Kier molecular flexibility index (Phi) is 4.55. The molecular formula is C6H14O4. The molecule has 0 spiro atoms. The SMILES string of the molecule is CCCCOCC(O)(O)O. The van der Waals surface area contributed by atoms with Gasteiger partial charge in [0, 0.05) is 6.61 Å². The van der Waals surface area contributed by atoms with Crippen LogP contribution in [0.3, 0.4) is 0 Å². The van der Waals surface area contributed by atoms with Crippen LogP contribution in [0.15, 0.2) is 0 Å². The van der Waals surface area contributed by atoms with Gasteiger partial charge in [0.25, 0.3) is 5.97 Å². The maximum absolute atomic E-state index is 8.30. The fourth-order valence-electron chi connectivity index (χ4n) is 0.455. The number of ether oxygens (including phenoxy) is 1. The first-order valence-electron chi connectivity index (χ1n) is 3.31. The monoisotopic (exact) mass is 150 g/mol. The highest BCUT2D eigenvalue weighted by atomic mass is 16.7. The van der Waals surface area contributed by atoms with E-state index in [9.17, 15) is 0 Å². The van der Waals surface area contributed by atoms with Crippen molar-refractivity contribution in [3.05, 3.63) is 0 Å². The molecule has 3 N–H and O–H groups in total. The Bertz CT molecular complexity index is 76.3. The van der Waals surface area contributed by atoms with E-state index >= 15 is 0 Å². The standard InChI is InChI=1S/C6H14O4/c1-2-3-4-10-5-6(7,8)9/h7-9H,2-5H2,1H3. The third-order valence-corrected chi connectivity index (χ3v) is 0.938. The van der Waals surface area contributed by atoms with E-state index in [1.165, 1.54) is 0 Å². The van der Waals surface area contributed by atoms with Crippen LogP contribution in [-0.2, 0) is 4.74 Å². The Morgan fingerprint density at radius 1 is 1.30 bits per heavy atom. The Labute approximate surface area is 60.1 Å². The minimum atomic E-state index is -2.67. The number of hydrogen-bond acceptors (Lipinski definition) is 4. The van der Waals surface area contributed by atoms with E-state index in [0.29, 0.717) is 6.61 Å².